The summed E-state index contributed by atoms with van der Waals surface area (Å²) in [5.74, 6) is 0. The van der Waals surface area contributed by atoms with Crippen molar-refractivity contribution in [2.24, 2.45) is 20.0 Å². The number of isocyanates is 4. The molecule has 0 heterocycles. The Morgan fingerprint density at radius 2 is 1.04 bits per heavy atom. The van der Waals surface area contributed by atoms with Gasteiger partial charge in [-0.05, 0) is 12.1 Å². The minimum atomic E-state index is -0.160. The van der Waals surface area contributed by atoms with Gasteiger partial charge in [0.2, 0.25) is 24.3 Å². The topological polar surface area (TPSA) is 118 Å². The van der Waals surface area contributed by atoms with Crippen LogP contribution in [0.5, 0.6) is 0 Å². The number of hydrogen-bond acceptors (Lipinski definition) is 8. The fourth-order valence-corrected chi connectivity index (χ4v) is 1.66. The summed E-state index contributed by atoms with van der Waals surface area (Å²) in [6.07, 6.45) is 5.40. The van der Waals surface area contributed by atoms with Gasteiger partial charge >= 0.3 is 0 Å². The molecule has 0 aromatic heterocycles. The molecule has 8 nitrogen and oxygen atoms in total. The maximum absolute atomic E-state index is 10.3. The summed E-state index contributed by atoms with van der Waals surface area (Å²) in [6, 6.07) is 10.5. The van der Waals surface area contributed by atoms with Crippen LogP contribution in [0.4, 0.5) is 11.4 Å². The van der Waals surface area contributed by atoms with Gasteiger partial charge in [0.25, 0.3) is 0 Å². The van der Waals surface area contributed by atoms with E-state index in [1.165, 1.54) is 24.3 Å². The summed E-state index contributed by atoms with van der Waals surface area (Å²) in [5, 5.41) is 1.50. The smallest absolute Gasteiger partial charge is 0.211 e. The van der Waals surface area contributed by atoms with Crippen molar-refractivity contribution < 1.29 is 19.2 Å². The third-order valence-electron chi connectivity index (χ3n) is 2.48. The van der Waals surface area contributed by atoms with Crippen molar-refractivity contribution in [1.29, 1.82) is 0 Å². The van der Waals surface area contributed by atoms with E-state index in [1.807, 2.05) is 0 Å². The molecule has 0 aliphatic heterocycles. The minimum Gasteiger partial charge on any atom is -0.211 e. The number of hydrogen-bond donors (Lipinski definition) is 0. The maximum Gasteiger partial charge on any atom is 0.240 e. The Kier molecular flexibility index (Phi) is 13.0. The Morgan fingerprint density at radius 1 is 0.640 bits per heavy atom. The van der Waals surface area contributed by atoms with Crippen molar-refractivity contribution in [1.82, 2.24) is 0 Å². The summed E-state index contributed by atoms with van der Waals surface area (Å²) in [4.78, 5) is 51.9. The molecule has 0 fully saturated rings. The van der Waals surface area contributed by atoms with E-state index < -0.39 is 0 Å². The van der Waals surface area contributed by atoms with E-state index in [2.05, 4.69) is 20.0 Å². The van der Waals surface area contributed by atoms with Crippen LogP contribution in [-0.2, 0) is 19.2 Å². The number of nitrogens with zero attached hydrogens (tertiary/aromatic N) is 4. The van der Waals surface area contributed by atoms with E-state index in [0.29, 0.717) is 11.4 Å². The van der Waals surface area contributed by atoms with Crippen LogP contribution in [0, 0.1) is 0 Å². The molecular weight excluding hydrogens is 324 g/mol. The van der Waals surface area contributed by atoms with Crippen molar-refractivity contribution in [3.63, 3.8) is 0 Å². The Balaban J connectivity index is 0. The molecule has 0 aliphatic rings. The molecule has 128 valence electrons. The summed E-state index contributed by atoms with van der Waals surface area (Å²) in [5.41, 5.74) is 1.02. The lowest BCUT2D eigenvalue weighted by Gasteiger charge is -2.02. The van der Waals surface area contributed by atoms with Gasteiger partial charge in [-0.15, -0.1) is 0 Å². The Labute approximate surface area is 144 Å². The minimum absolute atomic E-state index is 0. The van der Waals surface area contributed by atoms with Gasteiger partial charge in [-0.1, -0.05) is 39.1 Å². The largest absolute Gasteiger partial charge is 0.240 e. The highest BCUT2D eigenvalue weighted by atomic mass is 16.1. The van der Waals surface area contributed by atoms with Crippen molar-refractivity contribution in [2.75, 3.05) is 6.67 Å². The molecule has 0 atom stereocenters. The van der Waals surface area contributed by atoms with Crippen molar-refractivity contribution in [3.05, 3.63) is 36.4 Å². The molecule has 2 aromatic rings. The molecule has 0 N–H and O–H groups in total. The molecule has 2 rings (SSSR count). The lowest BCUT2D eigenvalue weighted by Crippen LogP contribution is -1.75. The highest BCUT2D eigenvalue weighted by Crippen LogP contribution is 2.31. The zero-order chi connectivity index (χ0) is 16.9. The number of carbonyl (C=O) groups excluding carboxylic acids is 4. The van der Waals surface area contributed by atoms with Crippen LogP contribution in [0.1, 0.15) is 14.9 Å². The van der Waals surface area contributed by atoms with E-state index in [1.54, 1.807) is 36.4 Å². The van der Waals surface area contributed by atoms with Crippen LogP contribution in [-0.4, -0.2) is 31.0 Å². The van der Waals surface area contributed by atoms with Crippen LogP contribution in [0.3, 0.4) is 0 Å². The highest BCUT2D eigenvalue weighted by Gasteiger charge is 2.03. The second-order valence-electron chi connectivity index (χ2n) is 3.70. The first-order valence-corrected chi connectivity index (χ1v) is 6.03. The number of aliphatic imine (C=N–C) groups is 4. The standard InChI is InChI=1S/C12H6N2O2.C3H2N2O2.2CH4/c15-7-13-11-5-1-3-9-10(11)4-2-6-12(9)14-8-16;6-2-4-1-5-3-7;;/h1-6H;1H2;2*1H4. The molecule has 25 heavy (non-hydrogen) atoms. The second kappa shape index (κ2) is 13.9. The first-order valence-electron chi connectivity index (χ1n) is 6.03. The molecule has 0 aliphatic carbocycles. The third kappa shape index (κ3) is 7.35. The summed E-state index contributed by atoms with van der Waals surface area (Å²) in [6.45, 7) is -0.160. The Hall–Kier alpha value is -3.78. The SMILES string of the molecule is C.C.O=C=NCN=C=O.O=C=Nc1cccc2c(N=C=O)cccc12. The molecule has 0 unspecified atom stereocenters. The molecule has 0 saturated carbocycles. The summed E-state index contributed by atoms with van der Waals surface area (Å²) in [7, 11) is 0. The molecule has 0 saturated heterocycles. The average molecular weight is 340 g/mol. The van der Waals surface area contributed by atoms with Gasteiger partial charge in [0, 0.05) is 10.8 Å². The quantitative estimate of drug-likeness (QED) is 0.623. The van der Waals surface area contributed by atoms with Gasteiger partial charge in [-0.3, -0.25) is 0 Å². The fraction of sp³-hybridized carbons (Fsp3) is 0.176. The van der Waals surface area contributed by atoms with Gasteiger partial charge in [-0.2, -0.15) is 20.0 Å². The zero-order valence-corrected chi connectivity index (χ0v) is 11.6. The monoisotopic (exact) mass is 340 g/mol. The number of fused-ring (bicyclic) bond motifs is 1. The van der Waals surface area contributed by atoms with Gasteiger partial charge < -0.3 is 0 Å². The Morgan fingerprint density at radius 3 is 1.36 bits per heavy atom. The lowest BCUT2D eigenvalue weighted by molar-refractivity contribution is 0.560. The van der Waals surface area contributed by atoms with Crippen LogP contribution in [0.2, 0.25) is 0 Å². The number of rotatable bonds is 4. The number of benzene rings is 2. The first kappa shape index (κ1) is 23.5. The zero-order valence-electron chi connectivity index (χ0n) is 11.6. The maximum atomic E-state index is 10.3. The van der Waals surface area contributed by atoms with Crippen LogP contribution in [0.25, 0.3) is 10.8 Å². The van der Waals surface area contributed by atoms with Crippen LogP contribution < -0.4 is 0 Å². The van der Waals surface area contributed by atoms with Crippen molar-refractivity contribution in [3.8, 4) is 0 Å². The fourth-order valence-electron chi connectivity index (χ4n) is 1.66. The van der Waals surface area contributed by atoms with E-state index in [0.717, 1.165) is 10.8 Å². The van der Waals surface area contributed by atoms with Crippen molar-refractivity contribution in [2.45, 2.75) is 14.9 Å². The first-order chi connectivity index (χ1) is 11.3. The second-order valence-corrected chi connectivity index (χ2v) is 3.70. The van der Waals surface area contributed by atoms with E-state index in [4.69, 9.17) is 0 Å². The molecule has 0 bridgehead atoms. The molecule has 0 spiro atoms. The molecule has 0 amide bonds. The van der Waals surface area contributed by atoms with Gasteiger partial charge in [0.15, 0.2) is 6.67 Å². The van der Waals surface area contributed by atoms with Gasteiger partial charge in [0.05, 0.1) is 11.4 Å². The normalized spacial score (nSPS) is 7.52. The molecular formula is C17H16N4O4. The molecule has 0 radical (unpaired) electrons. The molecule has 2 aromatic carbocycles. The predicted octanol–water partition coefficient (Wildman–Crippen LogP) is 3.66. The van der Waals surface area contributed by atoms with E-state index in [9.17, 15) is 19.2 Å². The Bertz CT molecular complexity index is 811. The average Bonchev–Trinajstić information content (AvgIpc) is 2.57. The lowest BCUT2D eigenvalue weighted by atomic mass is 10.1. The van der Waals surface area contributed by atoms with Gasteiger partial charge in [0.1, 0.15) is 0 Å². The predicted molar refractivity (Wildman–Crippen MR) is 94.1 cm³/mol. The summed E-state index contributed by atoms with van der Waals surface area (Å²) >= 11 is 0. The van der Waals surface area contributed by atoms with Crippen molar-refractivity contribution >= 4 is 46.5 Å². The van der Waals surface area contributed by atoms with E-state index >= 15 is 0 Å². The summed E-state index contributed by atoms with van der Waals surface area (Å²) < 4.78 is 0. The van der Waals surface area contributed by atoms with Crippen LogP contribution in [0.15, 0.2) is 56.4 Å². The van der Waals surface area contributed by atoms with Gasteiger partial charge in [-0.25, -0.2) is 19.2 Å². The highest BCUT2D eigenvalue weighted by molar-refractivity contribution is 6.00. The van der Waals surface area contributed by atoms with Crippen LogP contribution >= 0.6 is 0 Å². The van der Waals surface area contributed by atoms with E-state index in [-0.39, 0.29) is 21.5 Å². The third-order valence-corrected chi connectivity index (χ3v) is 2.48. The molecule has 8 heteroatoms.